The van der Waals surface area contributed by atoms with Crippen LogP contribution in [0.2, 0.25) is 5.02 Å². The topological polar surface area (TPSA) is 34.0 Å². The number of benzene rings is 2. The number of piperidine rings is 1. The van der Waals surface area contributed by atoms with Gasteiger partial charge in [-0.05, 0) is 42.0 Å². The summed E-state index contributed by atoms with van der Waals surface area (Å²) in [7, 11) is 0. The highest BCUT2D eigenvalue weighted by Crippen LogP contribution is 2.38. The molecule has 2 aromatic carbocycles. The molecule has 4 nitrogen and oxygen atoms in total. The SMILES string of the molecule is C[C@@H]1C[C@@H](C)CN(c2ncnc3c2c(-c2ccccc2)cn3-c2cccc(Cl)c2)C1. The maximum atomic E-state index is 6.30. The summed E-state index contributed by atoms with van der Waals surface area (Å²) in [6.07, 6.45) is 5.12. The molecule has 152 valence electrons. The van der Waals surface area contributed by atoms with E-state index in [1.807, 2.05) is 24.3 Å². The van der Waals surface area contributed by atoms with Crippen LogP contribution in [-0.2, 0) is 0 Å². The first-order valence-corrected chi connectivity index (χ1v) is 10.9. The molecule has 30 heavy (non-hydrogen) atoms. The van der Waals surface area contributed by atoms with Crippen LogP contribution in [-0.4, -0.2) is 27.6 Å². The van der Waals surface area contributed by atoms with Gasteiger partial charge >= 0.3 is 0 Å². The van der Waals surface area contributed by atoms with Crippen molar-refractivity contribution in [3.8, 4) is 16.8 Å². The molecule has 3 heterocycles. The van der Waals surface area contributed by atoms with Gasteiger partial charge < -0.3 is 9.47 Å². The Hall–Kier alpha value is -2.85. The highest BCUT2D eigenvalue weighted by Gasteiger charge is 2.26. The standard InChI is InChI=1S/C25H25ClN4/c1-17-11-18(2)14-29(13-17)24-23-22(19-7-4-3-5-8-19)15-30(25(23)28-16-27-24)21-10-6-9-20(26)12-21/h3-10,12,15-18H,11,13-14H2,1-2H3/t17-,18-/m1/s1. The molecule has 0 spiro atoms. The average Bonchev–Trinajstić information content (AvgIpc) is 3.13. The molecule has 4 aromatic rings. The molecular formula is C25H25ClN4. The van der Waals surface area contributed by atoms with Crippen molar-refractivity contribution in [1.29, 1.82) is 0 Å². The van der Waals surface area contributed by atoms with Gasteiger partial charge in [-0.15, -0.1) is 0 Å². The number of aromatic nitrogens is 3. The van der Waals surface area contributed by atoms with Gasteiger partial charge in [0.2, 0.25) is 0 Å². The predicted molar refractivity (Wildman–Crippen MR) is 124 cm³/mol. The minimum absolute atomic E-state index is 0.647. The van der Waals surface area contributed by atoms with Crippen LogP contribution in [0.4, 0.5) is 5.82 Å². The van der Waals surface area contributed by atoms with Crippen LogP contribution in [0.3, 0.4) is 0 Å². The molecule has 1 fully saturated rings. The first-order valence-electron chi connectivity index (χ1n) is 10.5. The van der Waals surface area contributed by atoms with E-state index >= 15 is 0 Å². The van der Waals surface area contributed by atoms with Gasteiger partial charge in [0.15, 0.2) is 5.65 Å². The van der Waals surface area contributed by atoms with Gasteiger partial charge in [-0.1, -0.05) is 61.8 Å². The van der Waals surface area contributed by atoms with Gasteiger partial charge in [-0.2, -0.15) is 0 Å². The number of nitrogens with zero attached hydrogens (tertiary/aromatic N) is 4. The number of rotatable bonds is 3. The highest BCUT2D eigenvalue weighted by atomic mass is 35.5. The van der Waals surface area contributed by atoms with Crippen molar-refractivity contribution in [2.45, 2.75) is 20.3 Å². The number of fused-ring (bicyclic) bond motifs is 1. The minimum Gasteiger partial charge on any atom is -0.355 e. The summed E-state index contributed by atoms with van der Waals surface area (Å²) in [5.74, 6) is 2.32. The second-order valence-electron chi connectivity index (χ2n) is 8.51. The third-order valence-electron chi connectivity index (χ3n) is 5.90. The van der Waals surface area contributed by atoms with Crippen molar-refractivity contribution in [3.05, 3.63) is 72.1 Å². The molecule has 0 saturated carbocycles. The Morgan fingerprint density at radius 2 is 1.70 bits per heavy atom. The van der Waals surface area contributed by atoms with E-state index in [0.29, 0.717) is 16.9 Å². The highest BCUT2D eigenvalue weighted by molar-refractivity contribution is 6.30. The Kier molecular flexibility index (Phi) is 4.95. The molecule has 0 bridgehead atoms. The zero-order valence-electron chi connectivity index (χ0n) is 17.3. The average molecular weight is 417 g/mol. The molecule has 2 aromatic heterocycles. The van der Waals surface area contributed by atoms with Gasteiger partial charge in [0.25, 0.3) is 0 Å². The molecule has 2 atom stereocenters. The predicted octanol–water partition coefficient (Wildman–Crippen LogP) is 6.22. The molecule has 1 saturated heterocycles. The van der Waals surface area contributed by atoms with Crippen molar-refractivity contribution in [2.75, 3.05) is 18.0 Å². The first kappa shape index (κ1) is 19.1. The normalized spacial score (nSPS) is 19.4. The second kappa shape index (κ2) is 7.77. The van der Waals surface area contributed by atoms with Crippen molar-refractivity contribution in [1.82, 2.24) is 14.5 Å². The number of hydrogen-bond donors (Lipinski definition) is 0. The fraction of sp³-hybridized carbons (Fsp3) is 0.280. The Balaban J connectivity index is 1.76. The van der Waals surface area contributed by atoms with E-state index in [2.05, 4.69) is 59.8 Å². The zero-order valence-corrected chi connectivity index (χ0v) is 18.0. The third kappa shape index (κ3) is 3.46. The maximum Gasteiger partial charge on any atom is 0.150 e. The van der Waals surface area contributed by atoms with Crippen molar-refractivity contribution in [2.24, 2.45) is 11.8 Å². The van der Waals surface area contributed by atoms with Crippen LogP contribution in [0.15, 0.2) is 67.1 Å². The molecule has 0 amide bonds. The molecule has 5 rings (SSSR count). The van der Waals surface area contributed by atoms with Crippen LogP contribution in [0.1, 0.15) is 20.3 Å². The number of anilines is 1. The number of halogens is 1. The van der Waals surface area contributed by atoms with Crippen molar-refractivity contribution in [3.63, 3.8) is 0 Å². The molecule has 1 aliphatic heterocycles. The molecule has 5 heteroatoms. The smallest absolute Gasteiger partial charge is 0.150 e. The summed E-state index contributed by atoms with van der Waals surface area (Å²) in [5, 5.41) is 1.81. The van der Waals surface area contributed by atoms with Crippen LogP contribution in [0.5, 0.6) is 0 Å². The van der Waals surface area contributed by atoms with E-state index < -0.39 is 0 Å². The van der Waals surface area contributed by atoms with E-state index in [4.69, 9.17) is 21.6 Å². The zero-order chi connectivity index (χ0) is 20.7. The Morgan fingerprint density at radius 1 is 0.933 bits per heavy atom. The van der Waals surface area contributed by atoms with E-state index in [-0.39, 0.29) is 0 Å². The Labute approximate surface area is 182 Å². The lowest BCUT2D eigenvalue weighted by molar-refractivity contribution is 0.356. The van der Waals surface area contributed by atoms with Crippen LogP contribution in [0, 0.1) is 11.8 Å². The summed E-state index contributed by atoms with van der Waals surface area (Å²) in [5.41, 5.74) is 4.22. The Bertz CT molecular complexity index is 1170. The summed E-state index contributed by atoms with van der Waals surface area (Å²) in [4.78, 5) is 11.9. The molecule has 0 radical (unpaired) electrons. The van der Waals surface area contributed by atoms with Crippen molar-refractivity contribution >= 4 is 28.5 Å². The lowest BCUT2D eigenvalue weighted by atomic mass is 9.91. The second-order valence-corrected chi connectivity index (χ2v) is 8.94. The van der Waals surface area contributed by atoms with Gasteiger partial charge in [0.05, 0.1) is 5.39 Å². The van der Waals surface area contributed by atoms with E-state index in [0.717, 1.165) is 46.8 Å². The minimum atomic E-state index is 0.647. The summed E-state index contributed by atoms with van der Waals surface area (Å²) in [6, 6.07) is 18.4. The van der Waals surface area contributed by atoms with Crippen LogP contribution in [0.25, 0.3) is 27.8 Å². The lowest BCUT2D eigenvalue weighted by Gasteiger charge is -2.36. The fourth-order valence-corrected chi connectivity index (χ4v) is 4.97. The molecule has 0 unspecified atom stereocenters. The van der Waals surface area contributed by atoms with Gasteiger partial charge in [-0.3, -0.25) is 0 Å². The van der Waals surface area contributed by atoms with Crippen LogP contribution < -0.4 is 4.90 Å². The van der Waals surface area contributed by atoms with E-state index in [1.54, 1.807) is 6.33 Å². The molecule has 0 aliphatic carbocycles. The molecule has 1 aliphatic rings. The largest absolute Gasteiger partial charge is 0.355 e. The fourth-order valence-electron chi connectivity index (χ4n) is 4.78. The maximum absolute atomic E-state index is 6.30. The molecular weight excluding hydrogens is 392 g/mol. The summed E-state index contributed by atoms with van der Waals surface area (Å²) >= 11 is 6.30. The van der Waals surface area contributed by atoms with Gasteiger partial charge in [0, 0.05) is 35.6 Å². The van der Waals surface area contributed by atoms with Crippen molar-refractivity contribution < 1.29 is 0 Å². The van der Waals surface area contributed by atoms with Gasteiger partial charge in [0.1, 0.15) is 12.1 Å². The first-order chi connectivity index (χ1) is 14.6. The molecule has 0 N–H and O–H groups in total. The quantitative estimate of drug-likeness (QED) is 0.397. The lowest BCUT2D eigenvalue weighted by Crippen LogP contribution is -2.39. The summed E-state index contributed by atoms with van der Waals surface area (Å²) < 4.78 is 2.13. The Morgan fingerprint density at radius 3 is 2.43 bits per heavy atom. The number of hydrogen-bond acceptors (Lipinski definition) is 3. The third-order valence-corrected chi connectivity index (χ3v) is 6.14. The van der Waals surface area contributed by atoms with E-state index in [1.165, 1.54) is 6.42 Å². The monoisotopic (exact) mass is 416 g/mol. The van der Waals surface area contributed by atoms with Crippen LogP contribution >= 0.6 is 11.6 Å². The van der Waals surface area contributed by atoms with Gasteiger partial charge in [-0.25, -0.2) is 9.97 Å². The summed E-state index contributed by atoms with van der Waals surface area (Å²) in [6.45, 7) is 6.70. The van der Waals surface area contributed by atoms with E-state index in [9.17, 15) is 0 Å².